The van der Waals surface area contributed by atoms with E-state index in [9.17, 15) is 9.59 Å². The topological polar surface area (TPSA) is 86.3 Å². The zero-order valence-electron chi connectivity index (χ0n) is 18.3. The number of amides is 2. The summed E-state index contributed by atoms with van der Waals surface area (Å²) in [6.45, 7) is 5.98. The van der Waals surface area contributed by atoms with Gasteiger partial charge in [-0.25, -0.2) is 9.79 Å². The first-order valence-corrected chi connectivity index (χ1v) is 10.6. The van der Waals surface area contributed by atoms with Crippen molar-refractivity contribution < 1.29 is 14.3 Å². The Morgan fingerprint density at radius 2 is 1.76 bits per heavy atom. The lowest BCUT2D eigenvalue weighted by molar-refractivity contribution is -0.127. The summed E-state index contributed by atoms with van der Waals surface area (Å²) in [6.07, 6.45) is 6.20. The molecular formula is C20H38IN5O3. The summed E-state index contributed by atoms with van der Waals surface area (Å²) in [5, 5.41) is 7.04. The molecule has 2 rings (SSSR count). The summed E-state index contributed by atoms with van der Waals surface area (Å²) < 4.78 is 5.08. The molecule has 1 saturated heterocycles. The Hall–Kier alpha value is -1.26. The van der Waals surface area contributed by atoms with Crippen LogP contribution in [0.4, 0.5) is 4.79 Å². The van der Waals surface area contributed by atoms with Gasteiger partial charge in [0, 0.05) is 39.3 Å². The molecule has 168 valence electrons. The smallest absolute Gasteiger partial charge is 0.409 e. The highest BCUT2D eigenvalue weighted by Gasteiger charge is 2.25. The highest BCUT2D eigenvalue weighted by atomic mass is 127. The first-order valence-electron chi connectivity index (χ1n) is 10.6. The quantitative estimate of drug-likeness (QED) is 0.329. The van der Waals surface area contributed by atoms with E-state index < -0.39 is 0 Å². The van der Waals surface area contributed by atoms with E-state index in [0.717, 1.165) is 25.7 Å². The SMILES string of the molecule is CCOC(=O)N1CCC(NC(=NCC(=O)N(C)C)NC2CCCC(C)C2)CC1.I. The number of likely N-dealkylation sites (N-methyl/N-ethyl adjacent to an activating group) is 1. The first-order chi connectivity index (χ1) is 13.4. The molecule has 2 N–H and O–H groups in total. The van der Waals surface area contributed by atoms with Crippen LogP contribution in [0.25, 0.3) is 0 Å². The molecule has 0 aromatic carbocycles. The predicted octanol–water partition coefficient (Wildman–Crippen LogP) is 2.43. The van der Waals surface area contributed by atoms with Crippen molar-refractivity contribution in [3.63, 3.8) is 0 Å². The number of carbonyl (C=O) groups is 2. The van der Waals surface area contributed by atoms with Gasteiger partial charge in [0.05, 0.1) is 6.61 Å². The zero-order chi connectivity index (χ0) is 20.5. The van der Waals surface area contributed by atoms with E-state index in [1.807, 2.05) is 6.92 Å². The van der Waals surface area contributed by atoms with Gasteiger partial charge in [0.1, 0.15) is 6.54 Å². The van der Waals surface area contributed by atoms with Crippen LogP contribution in [-0.2, 0) is 9.53 Å². The molecule has 9 heteroatoms. The highest BCUT2D eigenvalue weighted by molar-refractivity contribution is 14.0. The molecule has 1 saturated carbocycles. The summed E-state index contributed by atoms with van der Waals surface area (Å²) in [6, 6.07) is 0.622. The van der Waals surface area contributed by atoms with Crippen molar-refractivity contribution in [3.8, 4) is 0 Å². The Balaban J connectivity index is 0.00000420. The zero-order valence-corrected chi connectivity index (χ0v) is 20.6. The van der Waals surface area contributed by atoms with Crippen LogP contribution in [0, 0.1) is 5.92 Å². The molecular weight excluding hydrogens is 485 g/mol. The molecule has 2 fully saturated rings. The van der Waals surface area contributed by atoms with Gasteiger partial charge >= 0.3 is 6.09 Å². The van der Waals surface area contributed by atoms with Crippen LogP contribution in [0.5, 0.6) is 0 Å². The van der Waals surface area contributed by atoms with Crippen LogP contribution < -0.4 is 10.6 Å². The molecule has 1 heterocycles. The average Bonchev–Trinajstić information content (AvgIpc) is 2.66. The maximum Gasteiger partial charge on any atom is 0.409 e. The van der Waals surface area contributed by atoms with E-state index in [4.69, 9.17) is 4.74 Å². The molecule has 2 amide bonds. The van der Waals surface area contributed by atoms with Crippen molar-refractivity contribution >= 4 is 41.9 Å². The van der Waals surface area contributed by atoms with E-state index >= 15 is 0 Å². The molecule has 0 aromatic rings. The number of likely N-dealkylation sites (tertiary alicyclic amines) is 1. The number of guanidine groups is 1. The number of rotatable bonds is 5. The lowest BCUT2D eigenvalue weighted by atomic mass is 9.87. The Labute approximate surface area is 192 Å². The van der Waals surface area contributed by atoms with Gasteiger partial charge in [-0.1, -0.05) is 19.8 Å². The molecule has 1 aliphatic heterocycles. The molecule has 29 heavy (non-hydrogen) atoms. The first kappa shape index (κ1) is 25.8. The fraction of sp³-hybridized carbons (Fsp3) is 0.850. The van der Waals surface area contributed by atoms with E-state index in [-0.39, 0.29) is 48.6 Å². The molecule has 2 atom stereocenters. The van der Waals surface area contributed by atoms with Crippen molar-refractivity contribution in [2.24, 2.45) is 10.9 Å². The molecule has 0 aromatic heterocycles. The number of piperidine rings is 1. The minimum atomic E-state index is -0.235. The summed E-state index contributed by atoms with van der Waals surface area (Å²) in [5.41, 5.74) is 0. The minimum absolute atomic E-state index is 0. The number of hydrogen-bond acceptors (Lipinski definition) is 4. The number of nitrogens with one attached hydrogen (secondary N) is 2. The summed E-state index contributed by atoms with van der Waals surface area (Å²) >= 11 is 0. The van der Waals surface area contributed by atoms with Crippen LogP contribution in [0.15, 0.2) is 4.99 Å². The fourth-order valence-electron chi connectivity index (χ4n) is 3.79. The van der Waals surface area contributed by atoms with Crippen molar-refractivity contribution in [3.05, 3.63) is 0 Å². The fourth-order valence-corrected chi connectivity index (χ4v) is 3.79. The van der Waals surface area contributed by atoms with E-state index in [1.165, 1.54) is 12.8 Å². The Morgan fingerprint density at radius 3 is 2.34 bits per heavy atom. The maximum absolute atomic E-state index is 12.0. The molecule has 2 unspecified atom stereocenters. The van der Waals surface area contributed by atoms with E-state index in [2.05, 4.69) is 22.5 Å². The number of carbonyl (C=O) groups excluding carboxylic acids is 2. The monoisotopic (exact) mass is 523 g/mol. The molecule has 0 spiro atoms. The van der Waals surface area contributed by atoms with Crippen LogP contribution in [0.3, 0.4) is 0 Å². The summed E-state index contributed by atoms with van der Waals surface area (Å²) in [7, 11) is 3.48. The second-order valence-electron chi connectivity index (χ2n) is 8.17. The normalized spacial score (nSPS) is 23.0. The highest BCUT2D eigenvalue weighted by Crippen LogP contribution is 2.23. The third-order valence-electron chi connectivity index (χ3n) is 5.51. The van der Waals surface area contributed by atoms with Gasteiger partial charge in [0.25, 0.3) is 0 Å². The van der Waals surface area contributed by atoms with Gasteiger partial charge in [-0.15, -0.1) is 24.0 Å². The Morgan fingerprint density at radius 1 is 1.10 bits per heavy atom. The predicted molar refractivity (Wildman–Crippen MR) is 126 cm³/mol. The lowest BCUT2D eigenvalue weighted by Crippen LogP contribution is -2.52. The number of nitrogens with zero attached hydrogens (tertiary/aromatic N) is 3. The van der Waals surface area contributed by atoms with Crippen molar-refractivity contribution in [1.82, 2.24) is 20.4 Å². The van der Waals surface area contributed by atoms with Crippen LogP contribution in [0.2, 0.25) is 0 Å². The summed E-state index contributed by atoms with van der Waals surface area (Å²) in [5.74, 6) is 1.41. The Kier molecular flexibility index (Phi) is 11.7. The molecule has 1 aliphatic carbocycles. The van der Waals surface area contributed by atoms with Crippen molar-refractivity contribution in [1.29, 1.82) is 0 Å². The van der Waals surface area contributed by atoms with Gasteiger partial charge in [-0.3, -0.25) is 4.79 Å². The van der Waals surface area contributed by atoms with Gasteiger partial charge in [0.15, 0.2) is 5.96 Å². The van der Waals surface area contributed by atoms with Crippen LogP contribution >= 0.6 is 24.0 Å². The van der Waals surface area contributed by atoms with Crippen LogP contribution in [0.1, 0.15) is 52.4 Å². The molecule has 2 aliphatic rings. The minimum Gasteiger partial charge on any atom is -0.450 e. The molecule has 8 nitrogen and oxygen atoms in total. The average molecular weight is 523 g/mol. The standard InChI is InChI=1S/C20H37N5O3.HI/c1-5-28-20(27)25-11-9-16(10-12-25)22-19(21-14-18(26)24(3)4)23-17-8-6-7-15(2)13-17;/h15-17H,5-14H2,1-4H3,(H2,21,22,23);1H. The number of halogens is 1. The van der Waals surface area contributed by atoms with Crippen LogP contribution in [-0.4, -0.2) is 80.2 Å². The third-order valence-corrected chi connectivity index (χ3v) is 5.51. The number of aliphatic imine (C=N–C) groups is 1. The summed E-state index contributed by atoms with van der Waals surface area (Å²) in [4.78, 5) is 31.7. The largest absolute Gasteiger partial charge is 0.450 e. The second-order valence-corrected chi connectivity index (χ2v) is 8.17. The van der Waals surface area contributed by atoms with Gasteiger partial charge in [-0.2, -0.15) is 0 Å². The second kappa shape index (κ2) is 13.1. The number of hydrogen-bond donors (Lipinski definition) is 2. The maximum atomic E-state index is 12.0. The van der Waals surface area contributed by atoms with Crippen molar-refractivity contribution in [2.75, 3.05) is 40.3 Å². The Bertz CT molecular complexity index is 550. The van der Waals surface area contributed by atoms with E-state index in [1.54, 1.807) is 23.9 Å². The molecule has 0 bridgehead atoms. The van der Waals surface area contributed by atoms with Gasteiger partial charge in [0.2, 0.25) is 5.91 Å². The molecule has 0 radical (unpaired) electrons. The lowest BCUT2D eigenvalue weighted by Gasteiger charge is -2.34. The van der Waals surface area contributed by atoms with Gasteiger partial charge in [-0.05, 0) is 38.5 Å². The van der Waals surface area contributed by atoms with Gasteiger partial charge < -0.3 is 25.2 Å². The van der Waals surface area contributed by atoms with Crippen molar-refractivity contribution in [2.45, 2.75) is 64.5 Å². The third kappa shape index (κ3) is 8.96. The number of ether oxygens (including phenoxy) is 1. The van der Waals surface area contributed by atoms with E-state index in [0.29, 0.717) is 37.6 Å².